The van der Waals surface area contributed by atoms with Crippen molar-refractivity contribution in [2.45, 2.75) is 19.0 Å². The summed E-state index contributed by atoms with van der Waals surface area (Å²) in [5, 5.41) is 0. The molecule has 0 aliphatic carbocycles. The highest BCUT2D eigenvalue weighted by atomic mass is 32.2. The van der Waals surface area contributed by atoms with Gasteiger partial charge in [0.05, 0.1) is 30.7 Å². The molecule has 0 bridgehead atoms. The normalized spacial score (nSPS) is 25.5. The summed E-state index contributed by atoms with van der Waals surface area (Å²) in [6, 6.07) is 6.83. The first-order valence-electron chi connectivity index (χ1n) is 8.95. The van der Waals surface area contributed by atoms with Gasteiger partial charge < -0.3 is 14.5 Å². The van der Waals surface area contributed by atoms with Crippen LogP contribution in [0, 0.1) is 0 Å². The van der Waals surface area contributed by atoms with Crippen LogP contribution in [0.4, 0.5) is 5.69 Å². The van der Waals surface area contributed by atoms with Crippen LogP contribution < -0.4 is 9.64 Å². The van der Waals surface area contributed by atoms with E-state index < -0.39 is 9.84 Å². The summed E-state index contributed by atoms with van der Waals surface area (Å²) < 4.78 is 30.1. The molecular weight excluding hydrogens is 354 g/mol. The van der Waals surface area contributed by atoms with Gasteiger partial charge in [0.2, 0.25) is 5.91 Å². The summed E-state index contributed by atoms with van der Waals surface area (Å²) in [5.74, 6) is 0.830. The molecule has 26 heavy (non-hydrogen) atoms. The number of benzene rings is 1. The van der Waals surface area contributed by atoms with E-state index in [-0.39, 0.29) is 36.0 Å². The molecule has 2 saturated heterocycles. The first-order valence-corrected chi connectivity index (χ1v) is 10.8. The second-order valence-electron chi connectivity index (χ2n) is 7.18. The molecule has 2 heterocycles. The molecule has 0 aromatic heterocycles. The number of likely N-dealkylation sites (N-methyl/N-ethyl adjacent to an activating group) is 1. The lowest BCUT2D eigenvalue weighted by atomic mass is 10.0. The third-order valence-electron chi connectivity index (χ3n) is 4.96. The Hall–Kier alpha value is -1.64. The number of sulfone groups is 1. The number of carbonyl (C=O) groups excluding carboxylic acids is 1. The Bertz CT molecular complexity index is 748. The number of rotatable bonds is 6. The Morgan fingerprint density at radius 2 is 1.81 bits per heavy atom. The summed E-state index contributed by atoms with van der Waals surface area (Å²) in [6.45, 7) is 4.22. The number of amides is 1. The molecule has 8 heteroatoms. The maximum Gasteiger partial charge on any atom is 0.241 e. The molecule has 144 valence electrons. The molecule has 0 unspecified atom stereocenters. The van der Waals surface area contributed by atoms with E-state index in [1.807, 2.05) is 55.1 Å². The molecule has 2 aliphatic rings. The highest BCUT2D eigenvalue weighted by Gasteiger charge is 2.49. The number of nitrogens with zero attached hydrogens (tertiary/aromatic N) is 3. The molecule has 7 nitrogen and oxygen atoms in total. The van der Waals surface area contributed by atoms with Crippen molar-refractivity contribution in [1.82, 2.24) is 9.80 Å². The third-order valence-corrected chi connectivity index (χ3v) is 6.66. The largest absolute Gasteiger partial charge is 0.494 e. The quantitative estimate of drug-likeness (QED) is 0.713. The molecular formula is C18H27N3O4S. The van der Waals surface area contributed by atoms with Crippen LogP contribution in [-0.2, 0) is 14.6 Å². The third kappa shape index (κ3) is 4.02. The molecule has 2 fully saturated rings. The summed E-state index contributed by atoms with van der Waals surface area (Å²) >= 11 is 0. The average molecular weight is 381 g/mol. The first-order chi connectivity index (χ1) is 12.3. The zero-order chi connectivity index (χ0) is 18.9. The molecule has 2 atom stereocenters. The van der Waals surface area contributed by atoms with Gasteiger partial charge in [-0.25, -0.2) is 8.42 Å². The van der Waals surface area contributed by atoms with Gasteiger partial charge >= 0.3 is 0 Å². The Labute approximate surface area is 155 Å². The number of fused-ring (bicyclic) bond motifs is 1. The van der Waals surface area contributed by atoms with Crippen molar-refractivity contribution in [1.29, 1.82) is 0 Å². The van der Waals surface area contributed by atoms with Gasteiger partial charge in [0.25, 0.3) is 0 Å². The SMILES string of the molecule is CCOc1ccc(N2C(=O)CN(CCN(C)C)[C@H]3CS(=O)(=O)C[C@H]32)cc1. The summed E-state index contributed by atoms with van der Waals surface area (Å²) in [4.78, 5) is 18.6. The zero-order valence-electron chi connectivity index (χ0n) is 15.6. The van der Waals surface area contributed by atoms with E-state index in [1.165, 1.54) is 0 Å². The van der Waals surface area contributed by atoms with Gasteiger partial charge in [-0.15, -0.1) is 0 Å². The molecule has 1 aromatic carbocycles. The molecule has 1 aromatic rings. The Morgan fingerprint density at radius 1 is 1.15 bits per heavy atom. The minimum atomic E-state index is -3.16. The van der Waals surface area contributed by atoms with E-state index in [4.69, 9.17) is 4.74 Å². The number of hydrogen-bond donors (Lipinski definition) is 0. The predicted octanol–water partition coefficient (Wildman–Crippen LogP) is 0.461. The van der Waals surface area contributed by atoms with Gasteiger partial charge in [-0.1, -0.05) is 0 Å². The fourth-order valence-corrected chi connectivity index (χ4v) is 5.72. The van der Waals surface area contributed by atoms with Crippen LogP contribution in [0.2, 0.25) is 0 Å². The lowest BCUT2D eigenvalue weighted by Gasteiger charge is -2.43. The van der Waals surface area contributed by atoms with Crippen molar-refractivity contribution < 1.29 is 17.9 Å². The Balaban J connectivity index is 1.86. The lowest BCUT2D eigenvalue weighted by Crippen LogP contribution is -2.62. The van der Waals surface area contributed by atoms with Crippen molar-refractivity contribution in [3.05, 3.63) is 24.3 Å². The molecule has 1 amide bonds. The van der Waals surface area contributed by atoms with E-state index in [0.717, 1.165) is 18.0 Å². The summed E-state index contributed by atoms with van der Waals surface area (Å²) in [7, 11) is 0.791. The molecule has 3 rings (SSSR count). The number of anilines is 1. The smallest absolute Gasteiger partial charge is 0.241 e. The minimum Gasteiger partial charge on any atom is -0.494 e. The van der Waals surface area contributed by atoms with Crippen LogP contribution in [0.15, 0.2) is 24.3 Å². The van der Waals surface area contributed by atoms with Crippen LogP contribution >= 0.6 is 0 Å². The van der Waals surface area contributed by atoms with Crippen LogP contribution in [0.1, 0.15) is 6.92 Å². The molecule has 0 spiro atoms. The molecule has 0 saturated carbocycles. The van der Waals surface area contributed by atoms with Crippen molar-refractivity contribution in [3.8, 4) is 5.75 Å². The van der Waals surface area contributed by atoms with Crippen molar-refractivity contribution in [3.63, 3.8) is 0 Å². The summed E-state index contributed by atoms with van der Waals surface area (Å²) in [6.07, 6.45) is 0. The van der Waals surface area contributed by atoms with Gasteiger partial charge in [-0.3, -0.25) is 9.69 Å². The maximum absolute atomic E-state index is 12.9. The number of hydrogen-bond acceptors (Lipinski definition) is 6. The monoisotopic (exact) mass is 381 g/mol. The molecule has 0 N–H and O–H groups in total. The van der Waals surface area contributed by atoms with Crippen LogP contribution in [0.5, 0.6) is 5.75 Å². The molecule has 2 aliphatic heterocycles. The van der Waals surface area contributed by atoms with Crippen molar-refractivity contribution >= 4 is 21.4 Å². The van der Waals surface area contributed by atoms with E-state index in [2.05, 4.69) is 0 Å². The van der Waals surface area contributed by atoms with Gasteiger partial charge in [0, 0.05) is 24.8 Å². The van der Waals surface area contributed by atoms with Gasteiger partial charge in [-0.05, 0) is 45.3 Å². The number of piperazine rings is 1. The van der Waals surface area contributed by atoms with Gasteiger partial charge in [0.1, 0.15) is 5.75 Å². The van der Waals surface area contributed by atoms with Crippen LogP contribution in [-0.4, -0.2) is 88.1 Å². The van der Waals surface area contributed by atoms with Crippen molar-refractivity contribution in [2.24, 2.45) is 0 Å². The maximum atomic E-state index is 12.9. The minimum absolute atomic E-state index is 0.0229. The highest BCUT2D eigenvalue weighted by molar-refractivity contribution is 7.91. The van der Waals surface area contributed by atoms with E-state index in [9.17, 15) is 13.2 Å². The highest BCUT2D eigenvalue weighted by Crippen LogP contribution is 2.32. The Morgan fingerprint density at radius 3 is 2.42 bits per heavy atom. The fraction of sp³-hybridized carbons (Fsp3) is 0.611. The van der Waals surface area contributed by atoms with E-state index in [0.29, 0.717) is 13.2 Å². The lowest BCUT2D eigenvalue weighted by molar-refractivity contribution is -0.123. The standard InChI is InChI=1S/C18H27N3O4S/c1-4-25-15-7-5-14(6-8-15)21-17-13-26(23,24)12-16(17)20(11-18(21)22)10-9-19(2)3/h5-8,16-17H,4,9-13H2,1-3H3/t16-,17+/m0/s1. The van der Waals surface area contributed by atoms with Gasteiger partial charge in [-0.2, -0.15) is 0 Å². The topological polar surface area (TPSA) is 70.2 Å². The number of carbonyl (C=O) groups is 1. The summed E-state index contributed by atoms with van der Waals surface area (Å²) in [5.41, 5.74) is 0.734. The second kappa shape index (κ2) is 7.54. The number of ether oxygens (including phenoxy) is 1. The fourth-order valence-electron chi connectivity index (χ4n) is 3.74. The average Bonchev–Trinajstić information content (AvgIpc) is 2.89. The van der Waals surface area contributed by atoms with E-state index >= 15 is 0 Å². The predicted molar refractivity (Wildman–Crippen MR) is 101 cm³/mol. The first kappa shape index (κ1) is 19.1. The second-order valence-corrected chi connectivity index (χ2v) is 9.33. The van der Waals surface area contributed by atoms with Crippen LogP contribution in [0.3, 0.4) is 0 Å². The van der Waals surface area contributed by atoms with Crippen molar-refractivity contribution in [2.75, 3.05) is 56.7 Å². The van der Waals surface area contributed by atoms with E-state index in [1.54, 1.807) is 4.90 Å². The zero-order valence-corrected chi connectivity index (χ0v) is 16.4. The van der Waals surface area contributed by atoms with Gasteiger partial charge in [0.15, 0.2) is 9.84 Å². The Kier molecular flexibility index (Phi) is 5.55. The molecule has 0 radical (unpaired) electrons. The van der Waals surface area contributed by atoms with Crippen LogP contribution in [0.25, 0.3) is 0 Å².